The van der Waals surface area contributed by atoms with E-state index in [2.05, 4.69) is 27.1 Å². The van der Waals surface area contributed by atoms with Crippen LogP contribution >= 0.6 is 0 Å². The number of alkyl halides is 3. The highest BCUT2D eigenvalue weighted by Gasteiger charge is 2.30. The van der Waals surface area contributed by atoms with E-state index in [4.69, 9.17) is 4.74 Å². The van der Waals surface area contributed by atoms with Gasteiger partial charge < -0.3 is 20.5 Å². The molecule has 1 saturated heterocycles. The molecule has 1 fully saturated rings. The van der Waals surface area contributed by atoms with Gasteiger partial charge in [0.2, 0.25) is 0 Å². The Kier molecular flexibility index (Phi) is 9.64. The Bertz CT molecular complexity index is 714. The SMILES string of the molecule is C=C(C)CN1CCC(NC(=NCC(O)COc2ccc(C(F)(F)F)cc2)NCC)CC1. The molecule has 1 aliphatic rings. The maximum Gasteiger partial charge on any atom is 0.416 e. The first-order valence-corrected chi connectivity index (χ1v) is 10.6. The molecule has 2 rings (SSSR count). The van der Waals surface area contributed by atoms with Gasteiger partial charge in [0.15, 0.2) is 5.96 Å². The normalized spacial score (nSPS) is 17.3. The average Bonchev–Trinajstić information content (AvgIpc) is 2.71. The Morgan fingerprint density at radius 2 is 1.94 bits per heavy atom. The fraction of sp³-hybridized carbons (Fsp3) is 0.591. The van der Waals surface area contributed by atoms with Gasteiger partial charge in [-0.1, -0.05) is 12.2 Å². The summed E-state index contributed by atoms with van der Waals surface area (Å²) < 4.78 is 43.2. The lowest BCUT2D eigenvalue weighted by atomic mass is 10.0. The van der Waals surface area contributed by atoms with Crippen molar-refractivity contribution in [2.75, 3.05) is 39.3 Å². The Balaban J connectivity index is 1.78. The predicted molar refractivity (Wildman–Crippen MR) is 116 cm³/mol. The minimum absolute atomic E-state index is 0.0619. The van der Waals surface area contributed by atoms with E-state index in [0.29, 0.717) is 18.5 Å². The van der Waals surface area contributed by atoms with Crippen LogP contribution in [0, 0.1) is 0 Å². The minimum atomic E-state index is -4.39. The second-order valence-electron chi connectivity index (χ2n) is 7.86. The van der Waals surface area contributed by atoms with Crippen molar-refractivity contribution in [2.45, 2.75) is 45.0 Å². The summed E-state index contributed by atoms with van der Waals surface area (Å²) in [7, 11) is 0. The van der Waals surface area contributed by atoms with Crippen molar-refractivity contribution in [1.82, 2.24) is 15.5 Å². The molecule has 174 valence electrons. The predicted octanol–water partition coefficient (Wildman–Crippen LogP) is 3.04. The number of hydrogen-bond donors (Lipinski definition) is 3. The first-order valence-electron chi connectivity index (χ1n) is 10.6. The van der Waals surface area contributed by atoms with E-state index >= 15 is 0 Å². The summed E-state index contributed by atoms with van der Waals surface area (Å²) in [5.74, 6) is 0.900. The highest BCUT2D eigenvalue weighted by atomic mass is 19.4. The van der Waals surface area contributed by atoms with E-state index in [-0.39, 0.29) is 18.9 Å². The third-order valence-corrected chi connectivity index (χ3v) is 4.85. The van der Waals surface area contributed by atoms with Gasteiger partial charge in [-0.25, -0.2) is 0 Å². The van der Waals surface area contributed by atoms with Crippen molar-refractivity contribution in [1.29, 1.82) is 0 Å². The number of benzene rings is 1. The van der Waals surface area contributed by atoms with Gasteiger partial charge >= 0.3 is 6.18 Å². The van der Waals surface area contributed by atoms with Crippen LogP contribution in [0.3, 0.4) is 0 Å². The van der Waals surface area contributed by atoms with E-state index in [9.17, 15) is 18.3 Å². The van der Waals surface area contributed by atoms with Gasteiger partial charge in [-0.05, 0) is 51.0 Å². The largest absolute Gasteiger partial charge is 0.491 e. The molecule has 0 saturated carbocycles. The lowest BCUT2D eigenvalue weighted by Crippen LogP contribution is -2.49. The maximum atomic E-state index is 12.6. The smallest absolute Gasteiger partial charge is 0.416 e. The summed E-state index contributed by atoms with van der Waals surface area (Å²) in [4.78, 5) is 6.80. The van der Waals surface area contributed by atoms with Crippen LogP contribution in [0.25, 0.3) is 0 Å². The molecule has 6 nitrogen and oxygen atoms in total. The summed E-state index contributed by atoms with van der Waals surface area (Å²) >= 11 is 0. The monoisotopic (exact) mass is 442 g/mol. The van der Waals surface area contributed by atoms with Crippen molar-refractivity contribution in [2.24, 2.45) is 4.99 Å². The van der Waals surface area contributed by atoms with Gasteiger partial charge in [0.05, 0.1) is 12.1 Å². The Morgan fingerprint density at radius 3 is 2.48 bits per heavy atom. The third kappa shape index (κ3) is 9.18. The lowest BCUT2D eigenvalue weighted by molar-refractivity contribution is -0.137. The van der Waals surface area contributed by atoms with Crippen molar-refractivity contribution in [3.8, 4) is 5.75 Å². The summed E-state index contributed by atoms with van der Waals surface area (Å²) in [6, 6.07) is 4.69. The van der Waals surface area contributed by atoms with Gasteiger partial charge in [0.25, 0.3) is 0 Å². The standard InChI is InChI=1S/C22H33F3N4O2/c1-4-26-21(28-18-9-11-29(12-10-18)14-16(2)3)27-13-19(30)15-31-20-7-5-17(6-8-20)22(23,24)25/h5-8,18-19,30H,2,4,9-15H2,1,3H3,(H2,26,27,28). The number of aliphatic hydroxyl groups excluding tert-OH is 1. The molecule has 1 atom stereocenters. The van der Waals surface area contributed by atoms with Gasteiger partial charge in [0, 0.05) is 32.2 Å². The molecule has 31 heavy (non-hydrogen) atoms. The molecule has 0 radical (unpaired) electrons. The van der Waals surface area contributed by atoms with E-state index in [1.54, 1.807) is 0 Å². The highest BCUT2D eigenvalue weighted by molar-refractivity contribution is 5.80. The molecule has 0 amide bonds. The molecular formula is C22H33F3N4O2. The zero-order valence-corrected chi connectivity index (χ0v) is 18.2. The van der Waals surface area contributed by atoms with Crippen LogP contribution in [0.5, 0.6) is 5.75 Å². The van der Waals surface area contributed by atoms with Crippen LogP contribution in [0.1, 0.15) is 32.3 Å². The number of halogens is 3. The van der Waals surface area contributed by atoms with Gasteiger partial charge in [-0.15, -0.1) is 0 Å². The Labute approximate surface area is 182 Å². The number of guanidine groups is 1. The van der Waals surface area contributed by atoms with Gasteiger partial charge in [-0.3, -0.25) is 9.89 Å². The van der Waals surface area contributed by atoms with Crippen molar-refractivity contribution in [3.05, 3.63) is 42.0 Å². The third-order valence-electron chi connectivity index (χ3n) is 4.85. The van der Waals surface area contributed by atoms with Crippen molar-refractivity contribution in [3.63, 3.8) is 0 Å². The number of rotatable bonds is 9. The Hall–Kier alpha value is -2.26. The second-order valence-corrected chi connectivity index (χ2v) is 7.86. The Morgan fingerprint density at radius 1 is 1.29 bits per heavy atom. The number of aliphatic hydroxyl groups is 1. The molecule has 1 unspecified atom stereocenters. The maximum absolute atomic E-state index is 12.6. The fourth-order valence-corrected chi connectivity index (χ4v) is 3.31. The molecule has 9 heteroatoms. The topological polar surface area (TPSA) is 69.1 Å². The van der Waals surface area contributed by atoms with Gasteiger partial charge in [-0.2, -0.15) is 13.2 Å². The lowest BCUT2D eigenvalue weighted by Gasteiger charge is -2.33. The van der Waals surface area contributed by atoms with Crippen LogP contribution in [0.4, 0.5) is 13.2 Å². The first kappa shape index (κ1) is 25.0. The molecule has 0 bridgehead atoms. The van der Waals surface area contributed by atoms with Crippen LogP contribution in [-0.2, 0) is 6.18 Å². The van der Waals surface area contributed by atoms with Crippen molar-refractivity contribution >= 4 is 5.96 Å². The van der Waals surface area contributed by atoms with Crippen molar-refractivity contribution < 1.29 is 23.0 Å². The number of nitrogens with zero attached hydrogens (tertiary/aromatic N) is 2. The molecule has 1 aliphatic heterocycles. The zero-order valence-electron chi connectivity index (χ0n) is 18.2. The molecule has 1 aromatic carbocycles. The number of aliphatic imine (C=N–C) groups is 1. The summed E-state index contributed by atoms with van der Waals surface area (Å²) in [6.45, 7) is 11.6. The summed E-state index contributed by atoms with van der Waals surface area (Å²) in [6.07, 6.45) is -3.27. The zero-order chi connectivity index (χ0) is 22.9. The summed E-state index contributed by atoms with van der Waals surface area (Å²) in [5, 5.41) is 16.7. The van der Waals surface area contributed by atoms with E-state index in [1.807, 2.05) is 13.8 Å². The molecule has 1 heterocycles. The molecular weight excluding hydrogens is 409 g/mol. The average molecular weight is 443 g/mol. The molecule has 1 aromatic rings. The second kappa shape index (κ2) is 12.0. The fourth-order valence-electron chi connectivity index (χ4n) is 3.31. The van der Waals surface area contributed by atoms with E-state index in [0.717, 1.165) is 50.2 Å². The highest BCUT2D eigenvalue weighted by Crippen LogP contribution is 2.30. The quantitative estimate of drug-likeness (QED) is 0.312. The first-order chi connectivity index (χ1) is 14.7. The number of likely N-dealkylation sites (tertiary alicyclic amines) is 1. The molecule has 0 spiro atoms. The van der Waals surface area contributed by atoms with Gasteiger partial charge in [0.1, 0.15) is 18.5 Å². The van der Waals surface area contributed by atoms with E-state index < -0.39 is 17.8 Å². The minimum Gasteiger partial charge on any atom is -0.491 e. The molecule has 0 aromatic heterocycles. The van der Waals surface area contributed by atoms with Crippen LogP contribution in [-0.4, -0.2) is 67.4 Å². The van der Waals surface area contributed by atoms with Crippen LogP contribution in [0.2, 0.25) is 0 Å². The molecule has 0 aliphatic carbocycles. The molecule has 3 N–H and O–H groups in total. The number of hydrogen-bond acceptors (Lipinski definition) is 4. The number of ether oxygens (including phenoxy) is 1. The number of piperidine rings is 1. The van der Waals surface area contributed by atoms with Crippen LogP contribution < -0.4 is 15.4 Å². The van der Waals surface area contributed by atoms with E-state index in [1.165, 1.54) is 12.1 Å². The number of nitrogens with one attached hydrogen (secondary N) is 2. The van der Waals surface area contributed by atoms with Crippen LogP contribution in [0.15, 0.2) is 41.4 Å². The summed E-state index contributed by atoms with van der Waals surface area (Å²) in [5.41, 5.74) is 0.422.